The summed E-state index contributed by atoms with van der Waals surface area (Å²) in [5.74, 6) is 0. The van der Waals surface area contributed by atoms with Crippen molar-refractivity contribution in [3.05, 3.63) is 35.3 Å². The predicted molar refractivity (Wildman–Crippen MR) is 74.6 cm³/mol. The third-order valence-corrected chi connectivity index (χ3v) is 4.39. The SMILES string of the molecule is C=C(C)/C=C\C(=C/C)S(=O)(=O)OC1CCCCC1. The predicted octanol–water partition coefficient (Wildman–Crippen LogP) is 3.70. The summed E-state index contributed by atoms with van der Waals surface area (Å²) < 4.78 is 29.4. The second kappa shape index (κ2) is 6.90. The Morgan fingerprint density at radius 3 is 2.33 bits per heavy atom. The van der Waals surface area contributed by atoms with E-state index in [1.807, 2.05) is 6.92 Å². The van der Waals surface area contributed by atoms with Crippen LogP contribution in [0.15, 0.2) is 35.3 Å². The lowest BCUT2D eigenvalue weighted by atomic mass is 9.98. The van der Waals surface area contributed by atoms with Crippen molar-refractivity contribution in [3.63, 3.8) is 0 Å². The van der Waals surface area contributed by atoms with Gasteiger partial charge in [-0.3, -0.25) is 4.18 Å². The van der Waals surface area contributed by atoms with Crippen LogP contribution in [0.5, 0.6) is 0 Å². The van der Waals surface area contributed by atoms with Crippen LogP contribution in [0.3, 0.4) is 0 Å². The first-order valence-electron chi connectivity index (χ1n) is 6.39. The van der Waals surface area contributed by atoms with Crippen molar-refractivity contribution >= 4 is 10.1 Å². The van der Waals surface area contributed by atoms with Crippen LogP contribution in [0.1, 0.15) is 46.0 Å². The average Bonchev–Trinajstić information content (AvgIpc) is 2.29. The molecule has 1 aliphatic carbocycles. The molecule has 0 aromatic rings. The van der Waals surface area contributed by atoms with Crippen LogP contribution in [-0.4, -0.2) is 14.5 Å². The Hall–Kier alpha value is -0.870. The van der Waals surface area contributed by atoms with Gasteiger partial charge < -0.3 is 0 Å². The zero-order valence-electron chi connectivity index (χ0n) is 11.2. The molecule has 0 aromatic heterocycles. The highest BCUT2D eigenvalue weighted by Crippen LogP contribution is 2.24. The van der Waals surface area contributed by atoms with Gasteiger partial charge in [0.1, 0.15) is 0 Å². The summed E-state index contributed by atoms with van der Waals surface area (Å²) in [6, 6.07) is 0. The first kappa shape index (κ1) is 15.2. The van der Waals surface area contributed by atoms with Crippen LogP contribution < -0.4 is 0 Å². The molecule has 0 spiro atoms. The monoisotopic (exact) mass is 270 g/mol. The van der Waals surface area contributed by atoms with Gasteiger partial charge in [-0.2, -0.15) is 8.42 Å². The molecule has 1 saturated carbocycles. The van der Waals surface area contributed by atoms with Gasteiger partial charge in [-0.05, 0) is 32.8 Å². The highest BCUT2D eigenvalue weighted by Gasteiger charge is 2.23. The maximum atomic E-state index is 12.1. The lowest BCUT2D eigenvalue weighted by Crippen LogP contribution is -2.21. The van der Waals surface area contributed by atoms with Gasteiger partial charge >= 0.3 is 0 Å². The first-order valence-corrected chi connectivity index (χ1v) is 7.79. The van der Waals surface area contributed by atoms with Crippen molar-refractivity contribution in [3.8, 4) is 0 Å². The molecular weight excluding hydrogens is 248 g/mol. The van der Waals surface area contributed by atoms with Gasteiger partial charge in [-0.1, -0.05) is 43.6 Å². The maximum absolute atomic E-state index is 12.1. The molecule has 3 nitrogen and oxygen atoms in total. The molecule has 0 amide bonds. The van der Waals surface area contributed by atoms with Gasteiger partial charge in [0, 0.05) is 0 Å². The van der Waals surface area contributed by atoms with Crippen molar-refractivity contribution in [2.45, 2.75) is 52.1 Å². The molecule has 0 N–H and O–H groups in total. The topological polar surface area (TPSA) is 43.4 Å². The lowest BCUT2D eigenvalue weighted by molar-refractivity contribution is 0.164. The molecule has 0 saturated heterocycles. The van der Waals surface area contributed by atoms with E-state index >= 15 is 0 Å². The van der Waals surface area contributed by atoms with E-state index in [2.05, 4.69) is 6.58 Å². The zero-order valence-corrected chi connectivity index (χ0v) is 12.0. The summed E-state index contributed by atoms with van der Waals surface area (Å²) in [5, 5.41) is 0. The van der Waals surface area contributed by atoms with Crippen LogP contribution in [0.2, 0.25) is 0 Å². The fourth-order valence-electron chi connectivity index (χ4n) is 1.94. The van der Waals surface area contributed by atoms with Crippen molar-refractivity contribution in [2.24, 2.45) is 0 Å². The Bertz CT molecular complexity index is 438. The number of hydrogen-bond donors (Lipinski definition) is 0. The van der Waals surface area contributed by atoms with Gasteiger partial charge in [0.25, 0.3) is 10.1 Å². The first-order chi connectivity index (χ1) is 8.45. The summed E-state index contributed by atoms with van der Waals surface area (Å²) in [7, 11) is -3.63. The van der Waals surface area contributed by atoms with E-state index in [1.54, 1.807) is 25.2 Å². The fourth-order valence-corrected chi connectivity index (χ4v) is 3.13. The second-order valence-corrected chi connectivity index (χ2v) is 6.25. The standard InChI is InChI=1S/C14H22O3S/c1-4-14(11-10-12(2)3)18(15,16)17-13-8-6-5-7-9-13/h4,10-11,13H,2,5-9H2,1,3H3/b11-10-,14-4+. The van der Waals surface area contributed by atoms with Crippen molar-refractivity contribution < 1.29 is 12.6 Å². The average molecular weight is 270 g/mol. The third kappa shape index (κ3) is 4.78. The summed E-state index contributed by atoms with van der Waals surface area (Å²) in [5.41, 5.74) is 0.808. The quantitative estimate of drug-likeness (QED) is 0.565. The van der Waals surface area contributed by atoms with Crippen LogP contribution in [0, 0.1) is 0 Å². The molecule has 102 valence electrons. The number of rotatable bonds is 5. The minimum Gasteiger partial charge on any atom is -0.263 e. The van der Waals surface area contributed by atoms with E-state index in [1.165, 1.54) is 6.42 Å². The minimum atomic E-state index is -3.63. The van der Waals surface area contributed by atoms with E-state index < -0.39 is 10.1 Å². The normalized spacial score (nSPS) is 19.3. The van der Waals surface area contributed by atoms with Gasteiger partial charge in [0.2, 0.25) is 0 Å². The van der Waals surface area contributed by atoms with Crippen LogP contribution in [0.4, 0.5) is 0 Å². The van der Waals surface area contributed by atoms with Gasteiger partial charge in [-0.25, -0.2) is 0 Å². The van der Waals surface area contributed by atoms with E-state index in [0.29, 0.717) is 0 Å². The Morgan fingerprint density at radius 1 is 1.22 bits per heavy atom. The number of hydrogen-bond acceptors (Lipinski definition) is 3. The molecule has 0 atom stereocenters. The van der Waals surface area contributed by atoms with Gasteiger partial charge in [0.15, 0.2) is 0 Å². The summed E-state index contributed by atoms with van der Waals surface area (Å²) in [6.07, 6.45) is 9.55. The molecule has 0 radical (unpaired) electrons. The van der Waals surface area contributed by atoms with E-state index in [9.17, 15) is 8.42 Å². The van der Waals surface area contributed by atoms with Crippen molar-refractivity contribution in [1.29, 1.82) is 0 Å². The molecule has 0 aliphatic heterocycles. The van der Waals surface area contributed by atoms with Gasteiger partial charge in [0.05, 0.1) is 11.0 Å². The third-order valence-electron chi connectivity index (χ3n) is 2.92. The maximum Gasteiger partial charge on any atom is 0.296 e. The van der Waals surface area contributed by atoms with E-state index in [-0.39, 0.29) is 11.0 Å². The second-order valence-electron chi connectivity index (χ2n) is 4.68. The van der Waals surface area contributed by atoms with Crippen LogP contribution in [0.25, 0.3) is 0 Å². The molecular formula is C14H22O3S. The summed E-state index contributed by atoms with van der Waals surface area (Å²) >= 11 is 0. The molecule has 18 heavy (non-hydrogen) atoms. The lowest BCUT2D eigenvalue weighted by Gasteiger charge is -2.21. The largest absolute Gasteiger partial charge is 0.296 e. The summed E-state index contributed by atoms with van der Waals surface area (Å²) in [6.45, 7) is 7.22. The molecule has 0 aromatic carbocycles. The molecule has 0 unspecified atom stereocenters. The zero-order chi connectivity index (χ0) is 13.6. The Labute approximate surface area is 110 Å². The molecule has 4 heteroatoms. The molecule has 1 fully saturated rings. The molecule has 0 heterocycles. The molecule has 1 rings (SSSR count). The Morgan fingerprint density at radius 2 is 1.83 bits per heavy atom. The van der Waals surface area contributed by atoms with Crippen molar-refractivity contribution in [2.75, 3.05) is 0 Å². The Balaban J connectivity index is 2.74. The molecule has 0 bridgehead atoms. The fraction of sp³-hybridized carbons (Fsp3) is 0.571. The van der Waals surface area contributed by atoms with E-state index in [4.69, 9.17) is 4.18 Å². The van der Waals surface area contributed by atoms with Gasteiger partial charge in [-0.15, -0.1) is 0 Å². The Kier molecular flexibility index (Phi) is 5.82. The highest BCUT2D eigenvalue weighted by molar-refractivity contribution is 7.90. The van der Waals surface area contributed by atoms with Crippen LogP contribution in [-0.2, 0) is 14.3 Å². The van der Waals surface area contributed by atoms with Crippen LogP contribution >= 0.6 is 0 Å². The van der Waals surface area contributed by atoms with Crippen molar-refractivity contribution in [1.82, 2.24) is 0 Å². The number of allylic oxidation sites excluding steroid dienone is 4. The summed E-state index contributed by atoms with van der Waals surface area (Å²) in [4.78, 5) is 0.205. The highest BCUT2D eigenvalue weighted by atomic mass is 32.2. The smallest absolute Gasteiger partial charge is 0.263 e. The van der Waals surface area contributed by atoms with E-state index in [0.717, 1.165) is 31.3 Å². The minimum absolute atomic E-state index is 0.156. The molecule has 1 aliphatic rings.